The Morgan fingerprint density at radius 2 is 1.86 bits per heavy atom. The number of halogens is 1. The highest BCUT2D eigenvalue weighted by molar-refractivity contribution is 6.29. The van der Waals surface area contributed by atoms with Crippen LogP contribution < -0.4 is 11.1 Å². The van der Waals surface area contributed by atoms with Crippen LogP contribution in [0.3, 0.4) is 0 Å². The second kappa shape index (κ2) is 18.0. The molecule has 4 atom stereocenters. The molecule has 0 aromatic heterocycles. The van der Waals surface area contributed by atoms with Crippen LogP contribution in [0.1, 0.15) is 60.8 Å². The van der Waals surface area contributed by atoms with E-state index in [2.05, 4.69) is 5.32 Å². The normalized spacial score (nSPS) is 18.7. The molecular weight excluding hydrogens is 574 g/mol. The van der Waals surface area contributed by atoms with E-state index in [4.69, 9.17) is 31.5 Å². The number of primary amides is 1. The lowest BCUT2D eigenvalue weighted by atomic mass is 9.85. The van der Waals surface area contributed by atoms with E-state index in [-0.39, 0.29) is 23.7 Å². The van der Waals surface area contributed by atoms with Crippen LogP contribution in [0.15, 0.2) is 71.2 Å². The van der Waals surface area contributed by atoms with Crippen LogP contribution in [0.25, 0.3) is 0 Å². The standard InChI is InChI=1S/C32H46ClN3O7/c1-21(20-22(2)25-17-18-26(41-8)30(39)43-25)12-9-10-14-27(37)35-28(32(4,5)6)29(38)36(7)19-11-13-24(42-31(34)40)16-15-23(3)33/h9-12,14-15,18-20,22,24-25,28H,13,16-17H2,1-8H3,(H2,34,40)(H,35,37)/b12-9-,14-10-,19-11-,21-20+,23-15+. The Morgan fingerprint density at radius 1 is 1.21 bits per heavy atom. The summed E-state index contributed by atoms with van der Waals surface area (Å²) < 4.78 is 15.5. The van der Waals surface area contributed by atoms with Crippen molar-refractivity contribution in [2.75, 3.05) is 14.2 Å². The number of nitrogens with zero attached hydrogens (tertiary/aromatic N) is 1. The molecule has 1 rings (SSSR count). The van der Waals surface area contributed by atoms with Crippen molar-refractivity contribution >= 4 is 35.5 Å². The van der Waals surface area contributed by atoms with Gasteiger partial charge in [-0.1, -0.05) is 81.3 Å². The summed E-state index contributed by atoms with van der Waals surface area (Å²) in [4.78, 5) is 50.4. The Balaban J connectivity index is 2.78. The van der Waals surface area contributed by atoms with E-state index in [0.717, 1.165) is 5.57 Å². The zero-order chi connectivity index (χ0) is 32.7. The molecule has 0 fully saturated rings. The predicted molar refractivity (Wildman–Crippen MR) is 167 cm³/mol. The maximum atomic E-state index is 13.2. The highest BCUT2D eigenvalue weighted by atomic mass is 35.5. The van der Waals surface area contributed by atoms with Crippen molar-refractivity contribution in [3.63, 3.8) is 0 Å². The lowest BCUT2D eigenvalue weighted by molar-refractivity contribution is -0.151. The van der Waals surface area contributed by atoms with E-state index in [0.29, 0.717) is 24.3 Å². The second-order valence-corrected chi connectivity index (χ2v) is 12.0. The number of carbonyl (C=O) groups is 4. The summed E-state index contributed by atoms with van der Waals surface area (Å²) in [5.74, 6) is -0.997. The molecule has 0 aromatic carbocycles. The molecule has 43 heavy (non-hydrogen) atoms. The van der Waals surface area contributed by atoms with E-state index in [1.54, 1.807) is 50.6 Å². The fourth-order valence-electron chi connectivity index (χ4n) is 4.10. The summed E-state index contributed by atoms with van der Waals surface area (Å²) in [5.41, 5.74) is 5.52. The van der Waals surface area contributed by atoms with Gasteiger partial charge in [0, 0.05) is 49.5 Å². The minimum absolute atomic E-state index is 0.0200. The average molecular weight is 620 g/mol. The fourth-order valence-corrected chi connectivity index (χ4v) is 4.19. The predicted octanol–water partition coefficient (Wildman–Crippen LogP) is 5.42. The summed E-state index contributed by atoms with van der Waals surface area (Å²) in [7, 11) is 3.02. The van der Waals surface area contributed by atoms with Crippen molar-refractivity contribution in [1.29, 1.82) is 0 Å². The van der Waals surface area contributed by atoms with Crippen molar-refractivity contribution < 1.29 is 33.4 Å². The molecule has 238 valence electrons. The summed E-state index contributed by atoms with van der Waals surface area (Å²) in [5, 5.41) is 3.36. The van der Waals surface area contributed by atoms with Gasteiger partial charge in [-0.25, -0.2) is 9.59 Å². The van der Waals surface area contributed by atoms with E-state index in [1.165, 1.54) is 18.1 Å². The van der Waals surface area contributed by atoms with Gasteiger partial charge in [0.25, 0.3) is 0 Å². The van der Waals surface area contributed by atoms with E-state index in [9.17, 15) is 19.2 Å². The first-order valence-electron chi connectivity index (χ1n) is 14.1. The highest BCUT2D eigenvalue weighted by Crippen LogP contribution is 2.23. The van der Waals surface area contributed by atoms with Gasteiger partial charge in [-0.05, 0) is 25.3 Å². The molecule has 1 aliphatic rings. The van der Waals surface area contributed by atoms with Crippen molar-refractivity contribution in [1.82, 2.24) is 10.2 Å². The van der Waals surface area contributed by atoms with Crippen LogP contribution in [-0.4, -0.2) is 61.2 Å². The van der Waals surface area contributed by atoms with Crippen LogP contribution in [0.2, 0.25) is 0 Å². The molecule has 0 saturated heterocycles. The summed E-state index contributed by atoms with van der Waals surface area (Å²) in [6.07, 6.45) is 14.8. The Morgan fingerprint density at radius 3 is 2.42 bits per heavy atom. The molecule has 3 N–H and O–H groups in total. The molecule has 0 aliphatic carbocycles. The van der Waals surface area contributed by atoms with E-state index in [1.807, 2.05) is 46.8 Å². The minimum atomic E-state index is -0.895. The van der Waals surface area contributed by atoms with E-state index >= 15 is 0 Å². The number of cyclic esters (lactones) is 1. The number of allylic oxidation sites excluding steroid dienone is 5. The third kappa shape index (κ3) is 14.3. The van der Waals surface area contributed by atoms with Crippen molar-refractivity contribution in [3.8, 4) is 0 Å². The van der Waals surface area contributed by atoms with Gasteiger partial charge in [-0.2, -0.15) is 0 Å². The number of nitrogens with one attached hydrogen (secondary N) is 1. The van der Waals surface area contributed by atoms with Gasteiger partial charge in [-0.3, -0.25) is 9.59 Å². The number of hydrogen-bond acceptors (Lipinski definition) is 7. The maximum absolute atomic E-state index is 13.2. The van der Waals surface area contributed by atoms with Crippen LogP contribution in [0.5, 0.6) is 0 Å². The van der Waals surface area contributed by atoms with Gasteiger partial charge >= 0.3 is 12.1 Å². The number of likely N-dealkylation sites (N-methyl/N-ethyl adjacent to an activating group) is 1. The van der Waals surface area contributed by atoms with Crippen LogP contribution in [-0.2, 0) is 28.6 Å². The number of esters is 1. The third-order valence-corrected chi connectivity index (χ3v) is 6.62. The summed E-state index contributed by atoms with van der Waals surface area (Å²) in [6, 6.07) is -0.809. The summed E-state index contributed by atoms with van der Waals surface area (Å²) >= 11 is 5.87. The lowest BCUT2D eigenvalue weighted by Crippen LogP contribution is -2.52. The van der Waals surface area contributed by atoms with Crippen LogP contribution in [0.4, 0.5) is 4.79 Å². The second-order valence-electron chi connectivity index (χ2n) is 11.4. The molecule has 0 spiro atoms. The number of hydrogen-bond donors (Lipinski definition) is 2. The SMILES string of the molecule is COC1=CCC(C(C)/C=C(C)/C=C\C=C/C(=O)NC(C(=O)N(C)/C=C\CC(C/C=C(\C)Cl)OC(N)=O)C(C)(C)C)OC1=O. The molecule has 0 saturated carbocycles. The third-order valence-electron chi connectivity index (χ3n) is 6.47. The molecule has 4 unspecified atom stereocenters. The smallest absolute Gasteiger partial charge is 0.404 e. The molecular formula is C32H46ClN3O7. The quantitative estimate of drug-likeness (QED) is 0.150. The van der Waals surface area contributed by atoms with Crippen molar-refractivity contribution in [2.24, 2.45) is 17.1 Å². The first-order valence-corrected chi connectivity index (χ1v) is 14.4. The number of rotatable bonds is 14. The van der Waals surface area contributed by atoms with Gasteiger partial charge in [0.2, 0.25) is 11.8 Å². The molecule has 3 amide bonds. The number of amides is 3. The lowest BCUT2D eigenvalue weighted by Gasteiger charge is -2.32. The monoisotopic (exact) mass is 619 g/mol. The van der Waals surface area contributed by atoms with Gasteiger partial charge in [0.05, 0.1) is 7.11 Å². The van der Waals surface area contributed by atoms with Gasteiger partial charge in [-0.15, -0.1) is 0 Å². The Labute approximate surface area is 260 Å². The topological polar surface area (TPSA) is 137 Å². The van der Waals surface area contributed by atoms with Gasteiger partial charge in [0.1, 0.15) is 18.2 Å². The molecule has 0 aromatic rings. The first-order chi connectivity index (χ1) is 20.0. The molecule has 10 nitrogen and oxygen atoms in total. The molecule has 0 radical (unpaired) electrons. The number of carbonyl (C=O) groups excluding carboxylic acids is 4. The van der Waals surface area contributed by atoms with Crippen molar-refractivity contribution in [2.45, 2.75) is 79.1 Å². The molecule has 1 heterocycles. The number of nitrogens with two attached hydrogens (primary N) is 1. The van der Waals surface area contributed by atoms with E-state index < -0.39 is 35.5 Å². The molecule has 1 aliphatic heterocycles. The van der Waals surface area contributed by atoms with Gasteiger partial charge < -0.3 is 30.2 Å². The zero-order valence-electron chi connectivity index (χ0n) is 26.4. The first kappa shape index (κ1) is 37.2. The highest BCUT2D eigenvalue weighted by Gasteiger charge is 2.34. The Bertz CT molecular complexity index is 1170. The Hall–Kier alpha value is -3.79. The van der Waals surface area contributed by atoms with Crippen LogP contribution in [0, 0.1) is 11.3 Å². The van der Waals surface area contributed by atoms with Gasteiger partial charge in [0.15, 0.2) is 5.76 Å². The number of ether oxygens (including phenoxy) is 3. The summed E-state index contributed by atoms with van der Waals surface area (Å²) in [6.45, 7) is 11.2. The number of methoxy groups -OCH3 is 1. The molecule has 11 heteroatoms. The minimum Gasteiger partial charge on any atom is -0.490 e. The molecule has 0 bridgehead atoms. The van der Waals surface area contributed by atoms with Crippen molar-refractivity contribution in [3.05, 3.63) is 71.2 Å². The van der Waals surface area contributed by atoms with Crippen LogP contribution >= 0.6 is 11.6 Å². The fraction of sp³-hybridized carbons (Fsp3) is 0.500. The largest absolute Gasteiger partial charge is 0.490 e. The Kier molecular flexibility index (Phi) is 15.6. The maximum Gasteiger partial charge on any atom is 0.404 e. The average Bonchev–Trinajstić information content (AvgIpc) is 2.91. The zero-order valence-corrected chi connectivity index (χ0v) is 27.1.